The van der Waals surface area contributed by atoms with Crippen LogP contribution < -0.4 is 10.3 Å². The van der Waals surface area contributed by atoms with Gasteiger partial charge in [0.05, 0.1) is 5.57 Å². The fraction of sp³-hybridized carbons (Fsp3) is 0.357. The molecular weight excluding hydrogens is 230 g/mol. The quantitative estimate of drug-likeness (QED) is 0.774. The van der Waals surface area contributed by atoms with E-state index >= 15 is 0 Å². The Labute approximate surface area is 107 Å². The monoisotopic (exact) mass is 247 g/mol. The Kier molecular flexibility index (Phi) is 3.28. The molecule has 1 aliphatic rings. The Bertz CT molecular complexity index is 486. The number of carbonyl (C=O) groups excluding carboxylic acids is 1. The van der Waals surface area contributed by atoms with Crippen LogP contribution >= 0.6 is 0 Å². The third-order valence-corrected chi connectivity index (χ3v) is 2.42. The summed E-state index contributed by atoms with van der Waals surface area (Å²) in [5.74, 6) is 0.405. The first kappa shape index (κ1) is 12.5. The number of carbonyl (C=O) groups is 1. The number of para-hydroxylation sites is 1. The maximum Gasteiger partial charge on any atom is 0.336 e. The van der Waals surface area contributed by atoms with Crippen molar-refractivity contribution in [3.05, 3.63) is 41.6 Å². The molecule has 1 N–H and O–H groups in total. The maximum atomic E-state index is 12.0. The normalized spacial score (nSPS) is 14.5. The highest BCUT2D eigenvalue weighted by Crippen LogP contribution is 2.24. The van der Waals surface area contributed by atoms with Gasteiger partial charge in [0, 0.05) is 18.2 Å². The average molecular weight is 247 g/mol. The SMILES string of the molecule is CC(C)(C)OC(=O)C1=CNOc2ccccc2C1. The second-order valence-electron chi connectivity index (χ2n) is 5.18. The first-order valence-electron chi connectivity index (χ1n) is 5.88. The van der Waals surface area contributed by atoms with Gasteiger partial charge in [-0.2, -0.15) is 0 Å². The number of ether oxygens (including phenoxy) is 1. The molecule has 0 saturated carbocycles. The number of hydrogen-bond acceptors (Lipinski definition) is 4. The number of esters is 1. The van der Waals surface area contributed by atoms with Gasteiger partial charge in [-0.05, 0) is 26.8 Å². The van der Waals surface area contributed by atoms with E-state index in [0.717, 1.165) is 11.3 Å². The van der Waals surface area contributed by atoms with E-state index in [9.17, 15) is 4.79 Å². The molecule has 0 amide bonds. The van der Waals surface area contributed by atoms with Crippen molar-refractivity contribution in [1.82, 2.24) is 5.48 Å². The van der Waals surface area contributed by atoms with E-state index in [2.05, 4.69) is 5.48 Å². The van der Waals surface area contributed by atoms with Gasteiger partial charge in [0.25, 0.3) is 0 Å². The minimum atomic E-state index is -0.495. The fourth-order valence-corrected chi connectivity index (χ4v) is 1.64. The molecular formula is C14H17NO3. The van der Waals surface area contributed by atoms with Crippen LogP contribution in [0.3, 0.4) is 0 Å². The lowest BCUT2D eigenvalue weighted by Gasteiger charge is -2.20. The van der Waals surface area contributed by atoms with Crippen molar-refractivity contribution < 1.29 is 14.4 Å². The largest absolute Gasteiger partial charge is 0.457 e. The Hall–Kier alpha value is -1.97. The Balaban J connectivity index is 2.16. The zero-order valence-corrected chi connectivity index (χ0v) is 10.8. The van der Waals surface area contributed by atoms with E-state index in [0.29, 0.717) is 12.0 Å². The van der Waals surface area contributed by atoms with E-state index in [-0.39, 0.29) is 5.97 Å². The number of nitrogens with one attached hydrogen (secondary N) is 1. The molecule has 0 fully saturated rings. The summed E-state index contributed by atoms with van der Waals surface area (Å²) in [6.07, 6.45) is 2.05. The van der Waals surface area contributed by atoms with Crippen LogP contribution in [-0.2, 0) is 16.0 Å². The molecule has 0 atom stereocenters. The molecule has 0 radical (unpaired) electrons. The van der Waals surface area contributed by atoms with E-state index < -0.39 is 5.60 Å². The minimum absolute atomic E-state index is 0.324. The molecule has 0 saturated heterocycles. The Morgan fingerprint density at radius 1 is 1.33 bits per heavy atom. The van der Waals surface area contributed by atoms with Crippen LogP contribution in [0.2, 0.25) is 0 Å². The molecule has 1 aliphatic heterocycles. The number of hydrogen-bond donors (Lipinski definition) is 1. The number of hydroxylamine groups is 1. The molecule has 0 bridgehead atoms. The molecule has 4 heteroatoms. The predicted octanol–water partition coefficient (Wildman–Crippen LogP) is 2.35. The Morgan fingerprint density at radius 3 is 2.78 bits per heavy atom. The molecule has 0 spiro atoms. The van der Waals surface area contributed by atoms with E-state index in [4.69, 9.17) is 9.57 Å². The molecule has 96 valence electrons. The highest BCUT2D eigenvalue weighted by Gasteiger charge is 2.22. The van der Waals surface area contributed by atoms with Crippen molar-refractivity contribution >= 4 is 5.97 Å². The number of rotatable bonds is 1. The van der Waals surface area contributed by atoms with Crippen LogP contribution in [0.25, 0.3) is 0 Å². The van der Waals surface area contributed by atoms with Gasteiger partial charge >= 0.3 is 5.97 Å². The summed E-state index contributed by atoms with van der Waals surface area (Å²) in [6, 6.07) is 7.59. The average Bonchev–Trinajstić information content (AvgIpc) is 2.48. The van der Waals surface area contributed by atoms with Crippen molar-refractivity contribution in [3.63, 3.8) is 0 Å². The number of fused-ring (bicyclic) bond motifs is 1. The lowest BCUT2D eigenvalue weighted by Crippen LogP contribution is -2.26. The zero-order chi connectivity index (χ0) is 13.2. The van der Waals surface area contributed by atoms with Crippen LogP contribution in [0.5, 0.6) is 5.75 Å². The molecule has 0 aliphatic carbocycles. The van der Waals surface area contributed by atoms with Crippen molar-refractivity contribution in [3.8, 4) is 5.75 Å². The first-order chi connectivity index (χ1) is 8.46. The van der Waals surface area contributed by atoms with Gasteiger partial charge in [-0.3, -0.25) is 0 Å². The van der Waals surface area contributed by atoms with Gasteiger partial charge in [-0.25, -0.2) is 10.3 Å². The standard InChI is InChI=1S/C14H17NO3/c1-14(2,3)17-13(16)11-8-10-6-4-5-7-12(10)18-15-9-11/h4-7,9,15H,8H2,1-3H3. The lowest BCUT2D eigenvalue weighted by atomic mass is 10.1. The summed E-state index contributed by atoms with van der Waals surface area (Å²) in [5.41, 5.74) is 3.67. The van der Waals surface area contributed by atoms with Gasteiger partial charge in [0.1, 0.15) is 5.60 Å². The van der Waals surface area contributed by atoms with Crippen LogP contribution in [-0.4, -0.2) is 11.6 Å². The smallest absolute Gasteiger partial charge is 0.336 e. The molecule has 18 heavy (non-hydrogen) atoms. The summed E-state index contributed by atoms with van der Waals surface area (Å²) < 4.78 is 5.34. The van der Waals surface area contributed by atoms with Gasteiger partial charge < -0.3 is 9.57 Å². The molecule has 1 aromatic rings. The second kappa shape index (κ2) is 4.72. The van der Waals surface area contributed by atoms with Gasteiger partial charge in [-0.15, -0.1) is 0 Å². The Morgan fingerprint density at radius 2 is 2.06 bits per heavy atom. The van der Waals surface area contributed by atoms with Crippen molar-refractivity contribution in [1.29, 1.82) is 0 Å². The third kappa shape index (κ3) is 3.03. The van der Waals surface area contributed by atoms with Crippen LogP contribution in [0, 0.1) is 0 Å². The van der Waals surface area contributed by atoms with E-state index in [1.807, 2.05) is 45.0 Å². The first-order valence-corrected chi connectivity index (χ1v) is 5.88. The van der Waals surface area contributed by atoms with Crippen LogP contribution in [0.1, 0.15) is 26.3 Å². The highest BCUT2D eigenvalue weighted by atomic mass is 16.6. The van der Waals surface area contributed by atoms with Gasteiger partial charge in [-0.1, -0.05) is 18.2 Å². The van der Waals surface area contributed by atoms with Gasteiger partial charge in [0.2, 0.25) is 0 Å². The maximum absolute atomic E-state index is 12.0. The molecule has 0 unspecified atom stereocenters. The van der Waals surface area contributed by atoms with Gasteiger partial charge in [0.15, 0.2) is 5.75 Å². The van der Waals surface area contributed by atoms with Crippen molar-refractivity contribution in [2.45, 2.75) is 32.8 Å². The summed E-state index contributed by atoms with van der Waals surface area (Å²) in [5, 5.41) is 0. The summed E-state index contributed by atoms with van der Waals surface area (Å²) >= 11 is 0. The molecule has 2 rings (SSSR count). The minimum Gasteiger partial charge on any atom is -0.457 e. The van der Waals surface area contributed by atoms with Crippen molar-refractivity contribution in [2.24, 2.45) is 0 Å². The second-order valence-corrected chi connectivity index (χ2v) is 5.18. The van der Waals surface area contributed by atoms with E-state index in [1.54, 1.807) is 6.20 Å². The number of benzene rings is 1. The molecule has 1 aromatic carbocycles. The molecule has 1 heterocycles. The molecule has 4 nitrogen and oxygen atoms in total. The predicted molar refractivity (Wildman–Crippen MR) is 67.8 cm³/mol. The third-order valence-electron chi connectivity index (χ3n) is 2.42. The van der Waals surface area contributed by atoms with Crippen LogP contribution in [0.4, 0.5) is 0 Å². The fourth-order valence-electron chi connectivity index (χ4n) is 1.64. The van der Waals surface area contributed by atoms with E-state index in [1.165, 1.54) is 0 Å². The zero-order valence-electron chi connectivity index (χ0n) is 10.8. The summed E-state index contributed by atoms with van der Waals surface area (Å²) in [6.45, 7) is 5.54. The lowest BCUT2D eigenvalue weighted by molar-refractivity contribution is -0.150. The topological polar surface area (TPSA) is 47.6 Å². The summed E-state index contributed by atoms with van der Waals surface area (Å²) in [7, 11) is 0. The summed E-state index contributed by atoms with van der Waals surface area (Å²) in [4.78, 5) is 17.3. The van der Waals surface area contributed by atoms with Crippen molar-refractivity contribution in [2.75, 3.05) is 0 Å². The highest BCUT2D eigenvalue weighted by molar-refractivity contribution is 5.89. The van der Waals surface area contributed by atoms with Crippen LogP contribution in [0.15, 0.2) is 36.0 Å². The molecule has 0 aromatic heterocycles.